The summed E-state index contributed by atoms with van der Waals surface area (Å²) >= 11 is 9.00. The van der Waals surface area contributed by atoms with Crippen molar-refractivity contribution in [2.75, 3.05) is 0 Å². The van der Waals surface area contributed by atoms with Gasteiger partial charge in [-0.1, -0.05) is 23.7 Å². The fourth-order valence-electron chi connectivity index (χ4n) is 2.14. The molecular formula is C14H12BrClF3N3O2. The van der Waals surface area contributed by atoms with Crippen LogP contribution in [0.4, 0.5) is 13.2 Å². The molecule has 2 N–H and O–H groups in total. The Morgan fingerprint density at radius 2 is 1.88 bits per heavy atom. The lowest BCUT2D eigenvalue weighted by Gasteiger charge is -2.16. The summed E-state index contributed by atoms with van der Waals surface area (Å²) < 4.78 is 40.2. The van der Waals surface area contributed by atoms with Crippen molar-refractivity contribution in [2.45, 2.75) is 25.4 Å². The zero-order valence-electron chi connectivity index (χ0n) is 12.0. The topological polar surface area (TPSA) is 71.0 Å². The van der Waals surface area contributed by atoms with Crippen molar-refractivity contribution >= 4 is 33.7 Å². The minimum absolute atomic E-state index is 0.116. The average Bonchev–Trinajstić information content (AvgIpc) is 2.72. The molecule has 1 heterocycles. The fourth-order valence-corrected chi connectivity index (χ4v) is 3.01. The molecule has 0 aliphatic heterocycles. The van der Waals surface area contributed by atoms with Crippen LogP contribution in [0.5, 0.6) is 0 Å². The van der Waals surface area contributed by atoms with Gasteiger partial charge in [0.2, 0.25) is 0 Å². The maximum atomic E-state index is 12.7. The molecule has 0 saturated carbocycles. The predicted molar refractivity (Wildman–Crippen MR) is 87.7 cm³/mol. The van der Waals surface area contributed by atoms with Crippen LogP contribution in [0.2, 0.25) is 5.02 Å². The minimum Gasteiger partial charge on any atom is -0.382 e. The first-order chi connectivity index (χ1) is 11.2. The second-order valence-corrected chi connectivity index (χ2v) is 6.10. The minimum atomic E-state index is -4.85. The highest BCUT2D eigenvalue weighted by molar-refractivity contribution is 9.10. The molecule has 2 rings (SSSR count). The van der Waals surface area contributed by atoms with Gasteiger partial charge in [0.25, 0.3) is 0 Å². The lowest BCUT2D eigenvalue weighted by atomic mass is 10.1. The Labute approximate surface area is 147 Å². The summed E-state index contributed by atoms with van der Waals surface area (Å²) in [6.07, 6.45) is -6.60. The molecule has 24 heavy (non-hydrogen) atoms. The van der Waals surface area contributed by atoms with Gasteiger partial charge in [0.05, 0.1) is 18.8 Å². The highest BCUT2D eigenvalue weighted by atomic mass is 79.9. The third kappa shape index (κ3) is 3.73. The standard InChI is InChI=1S/C14H12BrClF3N3O2/c15-12-11(8-1-3-9(16)4-2-8)22(7-10(23)14(17,18)19)13(24)21(12)6-5-20/h1-5,10,20,23H,6-7H2/t10-/m0/s1. The molecule has 10 heteroatoms. The summed E-state index contributed by atoms with van der Waals surface area (Å²) in [6, 6.07) is 6.17. The highest BCUT2D eigenvalue weighted by Gasteiger charge is 2.39. The van der Waals surface area contributed by atoms with Gasteiger partial charge < -0.3 is 10.5 Å². The molecule has 0 amide bonds. The van der Waals surface area contributed by atoms with Gasteiger partial charge in [0.1, 0.15) is 4.60 Å². The van der Waals surface area contributed by atoms with Gasteiger partial charge in [-0.2, -0.15) is 13.2 Å². The maximum Gasteiger partial charge on any atom is 0.416 e. The van der Waals surface area contributed by atoms with Crippen LogP contribution in [0.25, 0.3) is 11.3 Å². The Bertz CT molecular complexity index is 799. The zero-order valence-corrected chi connectivity index (χ0v) is 14.4. The summed E-state index contributed by atoms with van der Waals surface area (Å²) in [7, 11) is 0. The normalized spacial score (nSPS) is 13.1. The Kier molecular flexibility index (Phi) is 5.56. The van der Waals surface area contributed by atoms with Gasteiger partial charge in [0.15, 0.2) is 6.10 Å². The van der Waals surface area contributed by atoms with Gasteiger partial charge >= 0.3 is 11.9 Å². The molecule has 0 fully saturated rings. The Morgan fingerprint density at radius 3 is 2.38 bits per heavy atom. The third-order valence-electron chi connectivity index (χ3n) is 3.29. The van der Waals surface area contributed by atoms with Crippen LogP contribution in [-0.2, 0) is 13.1 Å². The molecule has 130 valence electrons. The molecule has 0 radical (unpaired) electrons. The van der Waals surface area contributed by atoms with E-state index in [-0.39, 0.29) is 16.8 Å². The summed E-state index contributed by atoms with van der Waals surface area (Å²) in [5.74, 6) is 0. The van der Waals surface area contributed by atoms with E-state index in [4.69, 9.17) is 17.0 Å². The number of nitrogens with one attached hydrogen (secondary N) is 1. The van der Waals surface area contributed by atoms with Crippen molar-refractivity contribution in [3.05, 3.63) is 44.4 Å². The van der Waals surface area contributed by atoms with Crippen molar-refractivity contribution in [3.8, 4) is 11.3 Å². The van der Waals surface area contributed by atoms with Gasteiger partial charge in [-0.15, -0.1) is 0 Å². The predicted octanol–water partition coefficient (Wildman–Crippen LogP) is 3.31. The third-order valence-corrected chi connectivity index (χ3v) is 4.34. The number of hydrogen-bond acceptors (Lipinski definition) is 3. The smallest absolute Gasteiger partial charge is 0.382 e. The number of halogens is 5. The van der Waals surface area contributed by atoms with Crippen molar-refractivity contribution < 1.29 is 18.3 Å². The number of nitrogens with zero attached hydrogens (tertiary/aromatic N) is 2. The molecule has 0 bridgehead atoms. The fraction of sp³-hybridized carbons (Fsp3) is 0.286. The van der Waals surface area contributed by atoms with E-state index in [1.165, 1.54) is 12.1 Å². The van der Waals surface area contributed by atoms with Crippen LogP contribution < -0.4 is 5.69 Å². The second-order valence-electron chi connectivity index (χ2n) is 4.91. The molecular weight excluding hydrogens is 415 g/mol. The molecule has 0 spiro atoms. The number of rotatable bonds is 5. The van der Waals surface area contributed by atoms with Gasteiger partial charge in [0, 0.05) is 16.8 Å². The SMILES string of the molecule is N=CCn1c(Br)c(-c2ccc(Cl)cc2)n(C[C@H](O)C(F)(F)F)c1=O. The number of aliphatic hydroxyl groups excluding tert-OH is 1. The number of alkyl halides is 3. The van der Waals surface area contributed by atoms with Crippen molar-refractivity contribution in [2.24, 2.45) is 0 Å². The Balaban J connectivity index is 2.63. The van der Waals surface area contributed by atoms with Crippen LogP contribution in [-0.4, -0.2) is 32.7 Å². The van der Waals surface area contributed by atoms with Crippen molar-refractivity contribution in [3.63, 3.8) is 0 Å². The van der Waals surface area contributed by atoms with Crippen molar-refractivity contribution in [1.29, 1.82) is 5.41 Å². The van der Waals surface area contributed by atoms with E-state index in [0.717, 1.165) is 15.3 Å². The summed E-state index contributed by atoms with van der Waals surface area (Å²) in [6.45, 7) is -1.07. The molecule has 0 aliphatic carbocycles. The molecule has 5 nitrogen and oxygen atoms in total. The number of hydrogen-bond donors (Lipinski definition) is 2. The first-order valence-corrected chi connectivity index (χ1v) is 7.82. The lowest BCUT2D eigenvalue weighted by molar-refractivity contribution is -0.207. The number of benzene rings is 1. The van der Waals surface area contributed by atoms with Crippen LogP contribution in [0, 0.1) is 5.41 Å². The quantitative estimate of drug-likeness (QED) is 0.720. The zero-order chi connectivity index (χ0) is 18.1. The van der Waals surface area contributed by atoms with Crippen LogP contribution in [0.1, 0.15) is 0 Å². The van der Waals surface area contributed by atoms with E-state index >= 15 is 0 Å². The van der Waals surface area contributed by atoms with Gasteiger partial charge in [-0.25, -0.2) is 4.79 Å². The average molecular weight is 427 g/mol. The molecule has 0 unspecified atom stereocenters. The van der Waals surface area contributed by atoms with Gasteiger partial charge in [-0.3, -0.25) is 9.13 Å². The summed E-state index contributed by atoms with van der Waals surface area (Å²) in [5.41, 5.74) is -0.151. The van der Waals surface area contributed by atoms with E-state index in [2.05, 4.69) is 15.9 Å². The number of aromatic nitrogens is 2. The van der Waals surface area contributed by atoms with Crippen LogP contribution in [0.3, 0.4) is 0 Å². The molecule has 2 aromatic rings. The van der Waals surface area contributed by atoms with E-state index in [0.29, 0.717) is 10.6 Å². The van der Waals surface area contributed by atoms with Crippen LogP contribution >= 0.6 is 27.5 Å². The first kappa shape index (κ1) is 18.8. The maximum absolute atomic E-state index is 12.7. The molecule has 0 saturated heterocycles. The largest absolute Gasteiger partial charge is 0.416 e. The molecule has 1 aromatic carbocycles. The molecule has 1 atom stereocenters. The summed E-state index contributed by atoms with van der Waals surface area (Å²) in [5, 5.41) is 16.9. The number of imidazole rings is 1. The Morgan fingerprint density at radius 1 is 1.29 bits per heavy atom. The molecule has 1 aromatic heterocycles. The summed E-state index contributed by atoms with van der Waals surface area (Å²) in [4.78, 5) is 12.4. The first-order valence-electron chi connectivity index (χ1n) is 6.65. The van der Waals surface area contributed by atoms with Gasteiger partial charge in [-0.05, 0) is 28.1 Å². The Hall–Kier alpha value is -1.58. The highest BCUT2D eigenvalue weighted by Crippen LogP contribution is 2.30. The van der Waals surface area contributed by atoms with Crippen LogP contribution in [0.15, 0.2) is 33.7 Å². The molecule has 0 aliphatic rings. The van der Waals surface area contributed by atoms with E-state index in [1.54, 1.807) is 12.1 Å². The van der Waals surface area contributed by atoms with E-state index in [9.17, 15) is 23.1 Å². The van der Waals surface area contributed by atoms with E-state index in [1.807, 2.05) is 0 Å². The van der Waals surface area contributed by atoms with Crippen molar-refractivity contribution in [1.82, 2.24) is 9.13 Å². The lowest BCUT2D eigenvalue weighted by Crippen LogP contribution is -2.37. The monoisotopic (exact) mass is 425 g/mol. The second kappa shape index (κ2) is 7.12. The number of aliphatic hydroxyl groups is 1. The van der Waals surface area contributed by atoms with E-state index < -0.39 is 24.5 Å².